The van der Waals surface area contributed by atoms with Crippen molar-refractivity contribution >= 4 is 28.9 Å². The first-order valence-corrected chi connectivity index (χ1v) is 8.28. The van der Waals surface area contributed by atoms with Crippen molar-refractivity contribution in [1.29, 1.82) is 0 Å². The number of hydrogen-bond acceptors (Lipinski definition) is 2. The van der Waals surface area contributed by atoms with Gasteiger partial charge in [0, 0.05) is 25.2 Å². The maximum absolute atomic E-state index is 6.45. The molecule has 0 aliphatic carbocycles. The van der Waals surface area contributed by atoms with Crippen molar-refractivity contribution in [3.05, 3.63) is 28.2 Å². The number of nitrogens with zero attached hydrogens (tertiary/aromatic N) is 2. The topological polar surface area (TPSA) is 6.48 Å². The first-order valence-electron chi connectivity index (χ1n) is 7.52. The quantitative estimate of drug-likeness (QED) is 0.803. The van der Waals surface area contributed by atoms with Gasteiger partial charge < -0.3 is 4.90 Å². The molecule has 110 valence electrons. The van der Waals surface area contributed by atoms with Crippen molar-refractivity contribution in [3.8, 4) is 0 Å². The summed E-state index contributed by atoms with van der Waals surface area (Å²) in [4.78, 5) is 5.14. The summed E-state index contributed by atoms with van der Waals surface area (Å²) in [6.07, 6.45) is 2.63. The SMILES string of the molecule is CC(C)C1CN2CCCC2CN1c1cccc(Cl)c1Cl. The Morgan fingerprint density at radius 3 is 2.75 bits per heavy atom. The molecular weight excluding hydrogens is 291 g/mol. The number of halogens is 2. The molecule has 0 amide bonds. The number of fused-ring (bicyclic) bond motifs is 1. The number of anilines is 1. The summed E-state index contributed by atoms with van der Waals surface area (Å²) in [6.45, 7) is 8.07. The van der Waals surface area contributed by atoms with Gasteiger partial charge >= 0.3 is 0 Å². The maximum atomic E-state index is 6.45. The molecule has 2 fully saturated rings. The van der Waals surface area contributed by atoms with Gasteiger partial charge in [0.25, 0.3) is 0 Å². The second-order valence-electron chi connectivity index (χ2n) is 6.33. The third-order valence-electron chi connectivity index (χ3n) is 4.74. The van der Waals surface area contributed by atoms with Crippen molar-refractivity contribution in [2.75, 3.05) is 24.5 Å². The van der Waals surface area contributed by atoms with Gasteiger partial charge in [0.1, 0.15) is 0 Å². The van der Waals surface area contributed by atoms with E-state index >= 15 is 0 Å². The molecular formula is C16H22Cl2N2. The fraction of sp³-hybridized carbons (Fsp3) is 0.625. The maximum Gasteiger partial charge on any atom is 0.0825 e. The van der Waals surface area contributed by atoms with Crippen molar-refractivity contribution in [2.45, 2.75) is 38.8 Å². The summed E-state index contributed by atoms with van der Waals surface area (Å²) in [6, 6.07) is 7.17. The minimum atomic E-state index is 0.514. The third kappa shape index (κ3) is 2.54. The Bertz CT molecular complexity index is 489. The molecule has 0 saturated carbocycles. The monoisotopic (exact) mass is 312 g/mol. The summed E-state index contributed by atoms with van der Waals surface area (Å²) < 4.78 is 0. The largest absolute Gasteiger partial charge is 0.364 e. The lowest BCUT2D eigenvalue weighted by Gasteiger charge is -2.47. The van der Waals surface area contributed by atoms with E-state index in [-0.39, 0.29) is 0 Å². The molecule has 2 nitrogen and oxygen atoms in total. The first-order chi connectivity index (χ1) is 9.58. The van der Waals surface area contributed by atoms with Crippen LogP contribution in [-0.4, -0.2) is 36.6 Å². The highest BCUT2D eigenvalue weighted by Gasteiger charge is 2.38. The zero-order valence-corrected chi connectivity index (χ0v) is 13.7. The van der Waals surface area contributed by atoms with Crippen molar-refractivity contribution in [1.82, 2.24) is 4.90 Å². The van der Waals surface area contributed by atoms with Gasteiger partial charge in [0.05, 0.1) is 15.7 Å². The van der Waals surface area contributed by atoms with Gasteiger partial charge in [-0.25, -0.2) is 0 Å². The first kappa shape index (κ1) is 14.5. The summed E-state index contributed by atoms with van der Waals surface area (Å²) in [5.41, 5.74) is 1.10. The van der Waals surface area contributed by atoms with Gasteiger partial charge in [-0.3, -0.25) is 4.90 Å². The van der Waals surface area contributed by atoms with Crippen molar-refractivity contribution in [2.24, 2.45) is 5.92 Å². The molecule has 2 unspecified atom stereocenters. The molecule has 2 heterocycles. The van der Waals surface area contributed by atoms with Crippen LogP contribution in [0.2, 0.25) is 10.0 Å². The average molecular weight is 313 g/mol. The van der Waals surface area contributed by atoms with Gasteiger partial charge in [0.15, 0.2) is 0 Å². The van der Waals surface area contributed by atoms with E-state index in [2.05, 4.69) is 29.7 Å². The molecule has 2 aliphatic heterocycles. The lowest BCUT2D eigenvalue weighted by atomic mass is 9.96. The highest BCUT2D eigenvalue weighted by molar-refractivity contribution is 6.43. The summed E-state index contributed by atoms with van der Waals surface area (Å²) in [7, 11) is 0. The average Bonchev–Trinajstić information content (AvgIpc) is 2.87. The van der Waals surface area contributed by atoms with E-state index in [0.29, 0.717) is 28.0 Å². The predicted molar refractivity (Wildman–Crippen MR) is 87.0 cm³/mol. The molecule has 0 spiro atoms. The van der Waals surface area contributed by atoms with Gasteiger partial charge in [0.2, 0.25) is 0 Å². The van der Waals surface area contributed by atoms with Gasteiger partial charge in [-0.1, -0.05) is 43.1 Å². The van der Waals surface area contributed by atoms with Crippen molar-refractivity contribution < 1.29 is 0 Å². The number of rotatable bonds is 2. The molecule has 2 aliphatic rings. The highest BCUT2D eigenvalue weighted by Crippen LogP contribution is 2.37. The lowest BCUT2D eigenvalue weighted by molar-refractivity contribution is 0.176. The van der Waals surface area contributed by atoms with E-state index in [0.717, 1.165) is 18.8 Å². The smallest absolute Gasteiger partial charge is 0.0825 e. The van der Waals surface area contributed by atoms with Gasteiger partial charge in [-0.15, -0.1) is 0 Å². The molecule has 0 bridgehead atoms. The molecule has 0 radical (unpaired) electrons. The molecule has 0 N–H and O–H groups in total. The third-order valence-corrected chi connectivity index (χ3v) is 5.55. The highest BCUT2D eigenvalue weighted by atomic mass is 35.5. The fourth-order valence-corrected chi connectivity index (χ4v) is 4.01. The van der Waals surface area contributed by atoms with Crippen LogP contribution in [0.3, 0.4) is 0 Å². The van der Waals surface area contributed by atoms with Crippen LogP contribution in [0.5, 0.6) is 0 Å². The molecule has 2 saturated heterocycles. The van der Waals surface area contributed by atoms with Crippen LogP contribution in [0.25, 0.3) is 0 Å². The Labute approximate surface area is 131 Å². The number of piperazine rings is 1. The zero-order valence-electron chi connectivity index (χ0n) is 12.1. The second kappa shape index (κ2) is 5.75. The molecule has 3 rings (SSSR count). The van der Waals surface area contributed by atoms with E-state index in [1.165, 1.54) is 19.4 Å². The zero-order chi connectivity index (χ0) is 14.3. The fourth-order valence-electron chi connectivity index (χ4n) is 3.61. The summed E-state index contributed by atoms with van der Waals surface area (Å²) in [5.74, 6) is 0.603. The van der Waals surface area contributed by atoms with E-state index in [1.54, 1.807) is 0 Å². The number of hydrogen-bond donors (Lipinski definition) is 0. The minimum absolute atomic E-state index is 0.514. The van der Waals surface area contributed by atoms with Crippen LogP contribution in [0, 0.1) is 5.92 Å². The van der Waals surface area contributed by atoms with E-state index in [9.17, 15) is 0 Å². The molecule has 0 aromatic heterocycles. The van der Waals surface area contributed by atoms with Gasteiger partial charge in [-0.05, 0) is 37.4 Å². The van der Waals surface area contributed by atoms with E-state index in [4.69, 9.17) is 23.2 Å². The molecule has 20 heavy (non-hydrogen) atoms. The minimum Gasteiger partial charge on any atom is -0.364 e. The lowest BCUT2D eigenvalue weighted by Crippen LogP contribution is -2.58. The Kier molecular flexibility index (Phi) is 4.16. The Hall–Kier alpha value is -0.440. The van der Waals surface area contributed by atoms with Crippen LogP contribution >= 0.6 is 23.2 Å². The Balaban J connectivity index is 1.94. The Morgan fingerprint density at radius 1 is 1.20 bits per heavy atom. The molecule has 1 aromatic rings. The molecule has 1 aromatic carbocycles. The predicted octanol–water partition coefficient (Wildman–Crippen LogP) is 4.30. The normalized spacial score (nSPS) is 27.1. The van der Waals surface area contributed by atoms with E-state index < -0.39 is 0 Å². The van der Waals surface area contributed by atoms with Crippen LogP contribution in [-0.2, 0) is 0 Å². The molecule has 4 heteroatoms. The van der Waals surface area contributed by atoms with E-state index in [1.807, 2.05) is 12.1 Å². The van der Waals surface area contributed by atoms with Crippen LogP contribution in [0.4, 0.5) is 5.69 Å². The Morgan fingerprint density at radius 2 is 2.00 bits per heavy atom. The molecule has 2 atom stereocenters. The second-order valence-corrected chi connectivity index (χ2v) is 7.11. The van der Waals surface area contributed by atoms with Crippen LogP contribution in [0.15, 0.2) is 18.2 Å². The standard InChI is InChI=1S/C16H22Cl2N2/c1-11(2)15-10-19-8-4-5-12(19)9-20(15)14-7-3-6-13(17)16(14)18/h3,6-7,11-12,15H,4-5,8-10H2,1-2H3. The summed E-state index contributed by atoms with van der Waals surface area (Å²) >= 11 is 12.7. The summed E-state index contributed by atoms with van der Waals surface area (Å²) in [5, 5.41) is 1.35. The van der Waals surface area contributed by atoms with Gasteiger partial charge in [-0.2, -0.15) is 0 Å². The number of benzene rings is 1. The van der Waals surface area contributed by atoms with Crippen LogP contribution < -0.4 is 4.90 Å². The van der Waals surface area contributed by atoms with Crippen LogP contribution in [0.1, 0.15) is 26.7 Å². The van der Waals surface area contributed by atoms with Crippen molar-refractivity contribution in [3.63, 3.8) is 0 Å².